The highest BCUT2D eigenvalue weighted by molar-refractivity contribution is 5.72. The highest BCUT2D eigenvalue weighted by Crippen LogP contribution is 2.44. The van der Waals surface area contributed by atoms with E-state index in [9.17, 15) is 15.3 Å². The molecule has 0 amide bonds. The van der Waals surface area contributed by atoms with Gasteiger partial charge in [-0.3, -0.25) is 14.8 Å². The minimum atomic E-state index is -0.135. The van der Waals surface area contributed by atoms with Gasteiger partial charge in [-0.15, -0.1) is 0 Å². The molecule has 0 bridgehead atoms. The zero-order valence-corrected chi connectivity index (χ0v) is 31.5. The van der Waals surface area contributed by atoms with Crippen LogP contribution in [0.1, 0.15) is 82.8 Å². The van der Waals surface area contributed by atoms with E-state index < -0.39 is 0 Å². The van der Waals surface area contributed by atoms with Crippen LogP contribution >= 0.6 is 0 Å². The molecule has 2 fully saturated rings. The average molecular weight is 703 g/mol. The van der Waals surface area contributed by atoms with Crippen molar-refractivity contribution in [2.45, 2.75) is 66.4 Å². The largest absolute Gasteiger partial charge is 0.462 e. The standard InChI is InChI=1S/C47H50N4O2/c1-30-14-15-35(43(32(30)3)23-21-41-19-17-39(29-51-41)45-13-9-7-11-37(45)27-49)25-47(52)53-46-24-31(2)33(4)42(34(46)5)22-20-40-18-16-38(28-50-40)44-12-8-6-10-36(44)26-48/h6-13,16-23,28-35,42-43,46H,14-15,24-25H2,1-5H3/b22-20+,23-21+/t30-,31-,32+,33+,34-,35-,42-,43-,46+/m0/s1. The van der Waals surface area contributed by atoms with Crippen LogP contribution in [0.4, 0.5) is 0 Å². The number of hydrogen-bond acceptors (Lipinski definition) is 6. The molecule has 0 unspecified atom stereocenters. The molecule has 0 saturated heterocycles. The average Bonchev–Trinajstić information content (AvgIpc) is 3.18. The van der Waals surface area contributed by atoms with E-state index in [1.807, 2.05) is 85.2 Å². The van der Waals surface area contributed by atoms with Crippen molar-refractivity contribution in [1.82, 2.24) is 9.97 Å². The van der Waals surface area contributed by atoms with Gasteiger partial charge in [0.25, 0.3) is 0 Å². The molecular formula is C47H50N4O2. The summed E-state index contributed by atoms with van der Waals surface area (Å²) in [5.41, 5.74) is 6.60. The van der Waals surface area contributed by atoms with E-state index in [4.69, 9.17) is 14.7 Å². The third-order valence-electron chi connectivity index (χ3n) is 12.3. The van der Waals surface area contributed by atoms with Crippen LogP contribution in [0.25, 0.3) is 34.4 Å². The minimum Gasteiger partial charge on any atom is -0.462 e. The normalized spacial score (nSPS) is 27.3. The van der Waals surface area contributed by atoms with Crippen LogP contribution in [0.3, 0.4) is 0 Å². The molecule has 6 rings (SSSR count). The third-order valence-corrected chi connectivity index (χ3v) is 12.3. The number of hydrogen-bond donors (Lipinski definition) is 0. The highest BCUT2D eigenvalue weighted by atomic mass is 16.5. The molecule has 6 nitrogen and oxygen atoms in total. The number of esters is 1. The fourth-order valence-electron chi connectivity index (χ4n) is 8.56. The zero-order valence-electron chi connectivity index (χ0n) is 31.5. The van der Waals surface area contributed by atoms with Crippen molar-refractivity contribution in [2.24, 2.45) is 47.3 Å². The number of carbonyl (C=O) groups is 1. The van der Waals surface area contributed by atoms with Crippen LogP contribution in [0.5, 0.6) is 0 Å². The number of aromatic nitrogens is 2. The Hall–Kier alpha value is -5.33. The topological polar surface area (TPSA) is 99.7 Å². The van der Waals surface area contributed by atoms with Crippen LogP contribution < -0.4 is 0 Å². The number of ether oxygens (including phenoxy) is 1. The van der Waals surface area contributed by atoms with Crippen LogP contribution in [0.2, 0.25) is 0 Å². The van der Waals surface area contributed by atoms with E-state index in [-0.39, 0.29) is 35.7 Å². The number of pyridine rings is 2. The van der Waals surface area contributed by atoms with Crippen LogP contribution in [0, 0.1) is 70.0 Å². The van der Waals surface area contributed by atoms with Crippen molar-refractivity contribution in [3.63, 3.8) is 0 Å². The molecule has 0 spiro atoms. The molecule has 2 aromatic heterocycles. The van der Waals surface area contributed by atoms with Gasteiger partial charge in [0, 0.05) is 41.1 Å². The number of rotatable bonds is 9. The smallest absolute Gasteiger partial charge is 0.306 e. The second kappa shape index (κ2) is 17.0. The second-order valence-corrected chi connectivity index (χ2v) is 15.5. The Morgan fingerprint density at radius 1 is 0.698 bits per heavy atom. The molecule has 0 N–H and O–H groups in total. The number of nitriles is 2. The molecule has 2 aromatic carbocycles. The van der Waals surface area contributed by atoms with Crippen LogP contribution in [-0.4, -0.2) is 22.0 Å². The van der Waals surface area contributed by atoms with Crippen molar-refractivity contribution < 1.29 is 9.53 Å². The summed E-state index contributed by atoms with van der Waals surface area (Å²) in [6.45, 7) is 11.4. The molecule has 2 saturated carbocycles. The van der Waals surface area contributed by atoms with Gasteiger partial charge in [-0.1, -0.05) is 102 Å². The van der Waals surface area contributed by atoms with Gasteiger partial charge in [0.05, 0.1) is 34.7 Å². The van der Waals surface area contributed by atoms with Gasteiger partial charge in [-0.05, 0) is 96.6 Å². The van der Waals surface area contributed by atoms with E-state index in [0.717, 1.165) is 52.9 Å². The van der Waals surface area contributed by atoms with Crippen molar-refractivity contribution in [3.8, 4) is 34.4 Å². The number of allylic oxidation sites excluding steroid dienone is 2. The Balaban J connectivity index is 1.10. The van der Waals surface area contributed by atoms with Crippen molar-refractivity contribution in [1.29, 1.82) is 10.5 Å². The molecule has 270 valence electrons. The Morgan fingerprint density at radius 3 is 1.75 bits per heavy atom. The predicted molar refractivity (Wildman–Crippen MR) is 211 cm³/mol. The molecule has 9 atom stereocenters. The first-order valence-corrected chi connectivity index (χ1v) is 19.1. The minimum absolute atomic E-state index is 0.0926. The maximum absolute atomic E-state index is 13.7. The first kappa shape index (κ1) is 37.4. The molecule has 6 heteroatoms. The van der Waals surface area contributed by atoms with E-state index in [2.05, 4.69) is 71.1 Å². The van der Waals surface area contributed by atoms with Crippen molar-refractivity contribution >= 4 is 18.1 Å². The van der Waals surface area contributed by atoms with Gasteiger partial charge >= 0.3 is 5.97 Å². The lowest BCUT2D eigenvalue weighted by Crippen LogP contribution is -2.42. The molecule has 2 aliphatic carbocycles. The fourth-order valence-corrected chi connectivity index (χ4v) is 8.56. The summed E-state index contributed by atoms with van der Waals surface area (Å²) in [5.74, 6) is 2.66. The fraction of sp³-hybridized carbons (Fsp3) is 0.383. The lowest BCUT2D eigenvalue weighted by atomic mass is 9.66. The lowest BCUT2D eigenvalue weighted by Gasteiger charge is -2.43. The maximum atomic E-state index is 13.7. The Morgan fingerprint density at radius 2 is 1.23 bits per heavy atom. The van der Waals surface area contributed by atoms with E-state index in [1.54, 1.807) is 0 Å². The van der Waals surface area contributed by atoms with E-state index in [0.29, 0.717) is 41.2 Å². The summed E-state index contributed by atoms with van der Waals surface area (Å²) < 4.78 is 6.37. The van der Waals surface area contributed by atoms with Crippen LogP contribution in [0.15, 0.2) is 97.3 Å². The Bertz CT molecular complexity index is 2020. The van der Waals surface area contributed by atoms with Crippen molar-refractivity contribution in [3.05, 3.63) is 120 Å². The first-order chi connectivity index (χ1) is 25.7. The molecule has 53 heavy (non-hydrogen) atoms. The summed E-state index contributed by atoms with van der Waals surface area (Å²) in [6, 6.07) is 27.7. The first-order valence-electron chi connectivity index (χ1n) is 19.1. The van der Waals surface area contributed by atoms with Crippen molar-refractivity contribution in [2.75, 3.05) is 0 Å². The summed E-state index contributed by atoms with van der Waals surface area (Å²) in [4.78, 5) is 23.1. The lowest BCUT2D eigenvalue weighted by molar-refractivity contribution is -0.158. The highest BCUT2D eigenvalue weighted by Gasteiger charge is 2.40. The molecule has 4 aromatic rings. The van der Waals surface area contributed by atoms with Crippen LogP contribution in [-0.2, 0) is 9.53 Å². The summed E-state index contributed by atoms with van der Waals surface area (Å²) >= 11 is 0. The number of carbonyl (C=O) groups excluding carboxylic acids is 1. The molecule has 0 radical (unpaired) electrons. The number of benzene rings is 2. The van der Waals surface area contributed by atoms with Gasteiger partial charge < -0.3 is 4.74 Å². The molecule has 0 aliphatic heterocycles. The molecule has 2 aliphatic rings. The Labute approximate surface area is 315 Å². The Kier molecular flexibility index (Phi) is 12.0. The maximum Gasteiger partial charge on any atom is 0.306 e. The predicted octanol–water partition coefficient (Wildman–Crippen LogP) is 10.8. The summed E-state index contributed by atoms with van der Waals surface area (Å²) in [5, 5.41) is 19.0. The SMILES string of the molecule is C[C@H]1[C@H](/C=C/c2ccc(-c3ccccc3C#N)cn2)[C@H](C)[C@H](OC(=O)C[C@@H]2CC[C@H](C)[C@@H](C)[C@@H]2/C=C/c2ccc(-c3ccccc3C#N)cn2)C[C@@H]1C. The number of nitrogens with zero attached hydrogens (tertiary/aromatic N) is 4. The van der Waals surface area contributed by atoms with Gasteiger partial charge in [-0.2, -0.15) is 10.5 Å². The van der Waals surface area contributed by atoms with Gasteiger partial charge in [0.2, 0.25) is 0 Å². The van der Waals surface area contributed by atoms with Gasteiger partial charge in [-0.25, -0.2) is 0 Å². The van der Waals surface area contributed by atoms with Gasteiger partial charge in [0.15, 0.2) is 0 Å². The zero-order chi connectivity index (χ0) is 37.5. The van der Waals surface area contributed by atoms with E-state index in [1.165, 1.54) is 0 Å². The third kappa shape index (κ3) is 8.66. The molecular weight excluding hydrogens is 653 g/mol. The molecule has 2 heterocycles. The summed E-state index contributed by atoms with van der Waals surface area (Å²) in [7, 11) is 0. The van der Waals surface area contributed by atoms with Gasteiger partial charge in [0.1, 0.15) is 6.10 Å². The quantitative estimate of drug-likeness (QED) is 0.161. The summed E-state index contributed by atoms with van der Waals surface area (Å²) in [6.07, 6.45) is 15.6. The van der Waals surface area contributed by atoms with E-state index >= 15 is 0 Å². The monoisotopic (exact) mass is 702 g/mol. The second-order valence-electron chi connectivity index (χ2n) is 15.5.